The first kappa shape index (κ1) is 12.4. The summed E-state index contributed by atoms with van der Waals surface area (Å²) >= 11 is 0. The molecule has 1 fully saturated rings. The summed E-state index contributed by atoms with van der Waals surface area (Å²) in [5.74, 6) is -2.51. The van der Waals surface area contributed by atoms with E-state index in [0.717, 1.165) is 5.69 Å². The van der Waals surface area contributed by atoms with Gasteiger partial charge in [-0.05, 0) is 25.0 Å². The van der Waals surface area contributed by atoms with Gasteiger partial charge >= 0.3 is 11.9 Å². The van der Waals surface area contributed by atoms with Crippen LogP contribution in [0, 0.1) is 5.41 Å². The number of carboxylic acid groups (broad SMARTS) is 2. The van der Waals surface area contributed by atoms with Crippen LogP contribution in [0.5, 0.6) is 0 Å². The van der Waals surface area contributed by atoms with Gasteiger partial charge in [-0.2, -0.15) is 0 Å². The molecule has 5 nitrogen and oxygen atoms in total. The van der Waals surface area contributed by atoms with Gasteiger partial charge in [-0.25, -0.2) is 0 Å². The monoisotopic (exact) mass is 249 g/mol. The fraction of sp³-hybridized carbons (Fsp3) is 0.385. The van der Waals surface area contributed by atoms with Crippen LogP contribution >= 0.6 is 0 Å². The molecule has 96 valence electrons. The molecule has 5 heteroatoms. The molecule has 0 bridgehead atoms. The van der Waals surface area contributed by atoms with Gasteiger partial charge in [0.05, 0.1) is 0 Å². The average molecular weight is 249 g/mol. The van der Waals surface area contributed by atoms with Crippen molar-refractivity contribution >= 4 is 17.6 Å². The first-order valence-corrected chi connectivity index (χ1v) is 5.83. The van der Waals surface area contributed by atoms with Gasteiger partial charge in [-0.1, -0.05) is 18.2 Å². The predicted molar refractivity (Wildman–Crippen MR) is 65.6 cm³/mol. The van der Waals surface area contributed by atoms with E-state index < -0.39 is 17.4 Å². The van der Waals surface area contributed by atoms with Crippen molar-refractivity contribution in [3.05, 3.63) is 30.3 Å². The van der Waals surface area contributed by atoms with Crippen molar-refractivity contribution < 1.29 is 19.8 Å². The standard InChI is InChI=1S/C13H15NO4/c15-11(16)13(12(17)18)7-4-8-14(9-13)10-5-2-1-3-6-10/h1-3,5-6H,4,7-9H2,(H,15,16)(H,17,18). The maximum absolute atomic E-state index is 11.3. The van der Waals surface area contributed by atoms with Gasteiger partial charge in [-0.3, -0.25) is 9.59 Å². The third-order valence-electron chi connectivity index (χ3n) is 3.43. The van der Waals surface area contributed by atoms with Gasteiger partial charge in [0.25, 0.3) is 0 Å². The lowest BCUT2D eigenvalue weighted by atomic mass is 9.80. The van der Waals surface area contributed by atoms with Crippen LogP contribution in [0.2, 0.25) is 0 Å². The summed E-state index contributed by atoms with van der Waals surface area (Å²) in [6.07, 6.45) is 0.745. The minimum absolute atomic E-state index is 0.0156. The Morgan fingerprint density at radius 2 is 1.72 bits per heavy atom. The zero-order valence-electron chi connectivity index (χ0n) is 9.87. The van der Waals surface area contributed by atoms with Crippen LogP contribution in [0.4, 0.5) is 5.69 Å². The molecule has 0 saturated carbocycles. The molecule has 0 atom stereocenters. The van der Waals surface area contributed by atoms with Gasteiger partial charge in [0, 0.05) is 18.8 Å². The van der Waals surface area contributed by atoms with Crippen LogP contribution in [0.15, 0.2) is 30.3 Å². The van der Waals surface area contributed by atoms with Gasteiger partial charge < -0.3 is 15.1 Å². The van der Waals surface area contributed by atoms with Crippen molar-refractivity contribution in [2.24, 2.45) is 5.41 Å². The van der Waals surface area contributed by atoms with Crippen molar-refractivity contribution in [3.63, 3.8) is 0 Å². The highest BCUT2D eigenvalue weighted by Gasteiger charge is 2.49. The molecule has 0 amide bonds. The van der Waals surface area contributed by atoms with E-state index in [1.165, 1.54) is 0 Å². The van der Waals surface area contributed by atoms with Crippen LogP contribution in [0.3, 0.4) is 0 Å². The van der Waals surface area contributed by atoms with E-state index in [0.29, 0.717) is 13.0 Å². The third kappa shape index (κ3) is 2.03. The molecule has 0 spiro atoms. The molecule has 0 radical (unpaired) electrons. The second-order valence-corrected chi connectivity index (χ2v) is 4.55. The highest BCUT2D eigenvalue weighted by molar-refractivity contribution is 5.99. The first-order valence-electron chi connectivity index (χ1n) is 5.83. The van der Waals surface area contributed by atoms with E-state index in [1.54, 1.807) is 0 Å². The van der Waals surface area contributed by atoms with Crippen molar-refractivity contribution in [2.45, 2.75) is 12.8 Å². The zero-order chi connectivity index (χ0) is 13.2. The predicted octanol–water partition coefficient (Wildman–Crippen LogP) is 1.44. The Morgan fingerprint density at radius 3 is 2.28 bits per heavy atom. The maximum atomic E-state index is 11.3. The molecule has 18 heavy (non-hydrogen) atoms. The number of hydrogen-bond acceptors (Lipinski definition) is 3. The molecule has 1 heterocycles. The number of carbonyl (C=O) groups is 2. The van der Waals surface area contributed by atoms with E-state index in [-0.39, 0.29) is 13.0 Å². The van der Waals surface area contributed by atoms with E-state index >= 15 is 0 Å². The molecule has 2 N–H and O–H groups in total. The molecular formula is C13H15NO4. The molecule has 1 aromatic carbocycles. The highest BCUT2D eigenvalue weighted by atomic mass is 16.4. The van der Waals surface area contributed by atoms with Crippen LogP contribution < -0.4 is 4.90 Å². The van der Waals surface area contributed by atoms with Gasteiger partial charge in [0.2, 0.25) is 0 Å². The second-order valence-electron chi connectivity index (χ2n) is 4.55. The highest BCUT2D eigenvalue weighted by Crippen LogP contribution is 2.33. The lowest BCUT2D eigenvalue weighted by Gasteiger charge is -2.38. The Balaban J connectivity index is 2.28. The average Bonchev–Trinajstić information content (AvgIpc) is 2.39. The van der Waals surface area contributed by atoms with Crippen molar-refractivity contribution in [1.82, 2.24) is 0 Å². The molecule has 0 unspecified atom stereocenters. The summed E-state index contributed by atoms with van der Waals surface area (Å²) in [6.45, 7) is 0.702. The summed E-state index contributed by atoms with van der Waals surface area (Å²) in [5.41, 5.74) is -0.822. The van der Waals surface area contributed by atoms with Crippen molar-refractivity contribution in [1.29, 1.82) is 0 Å². The summed E-state index contributed by atoms with van der Waals surface area (Å²) in [5, 5.41) is 18.4. The number of hydrogen-bond donors (Lipinski definition) is 2. The SMILES string of the molecule is O=C(O)C1(C(=O)O)CCCN(c2ccccc2)C1. The summed E-state index contributed by atoms with van der Waals surface area (Å²) in [6, 6.07) is 9.30. The van der Waals surface area contributed by atoms with Gasteiger partial charge in [0.15, 0.2) is 5.41 Å². The van der Waals surface area contributed by atoms with Crippen LogP contribution in [-0.4, -0.2) is 35.2 Å². The van der Waals surface area contributed by atoms with Crippen molar-refractivity contribution in [3.8, 4) is 0 Å². The quantitative estimate of drug-likeness (QED) is 0.792. The normalized spacial score (nSPS) is 18.3. The smallest absolute Gasteiger partial charge is 0.322 e. The maximum Gasteiger partial charge on any atom is 0.322 e. The van der Waals surface area contributed by atoms with Crippen LogP contribution in [0.1, 0.15) is 12.8 Å². The Labute approximate surface area is 105 Å². The van der Waals surface area contributed by atoms with Gasteiger partial charge in [-0.15, -0.1) is 0 Å². The summed E-state index contributed by atoms with van der Waals surface area (Å²) in [4.78, 5) is 24.4. The number of rotatable bonds is 3. The third-order valence-corrected chi connectivity index (χ3v) is 3.43. The fourth-order valence-corrected chi connectivity index (χ4v) is 2.36. The molecular weight excluding hydrogens is 234 g/mol. The fourth-order valence-electron chi connectivity index (χ4n) is 2.36. The minimum atomic E-state index is -1.69. The molecule has 0 aromatic heterocycles. The number of carboxylic acids is 2. The van der Waals surface area contributed by atoms with Crippen LogP contribution in [0.25, 0.3) is 0 Å². The lowest BCUT2D eigenvalue weighted by molar-refractivity contribution is -0.165. The van der Waals surface area contributed by atoms with Crippen LogP contribution in [-0.2, 0) is 9.59 Å². The Bertz CT molecular complexity index is 443. The largest absolute Gasteiger partial charge is 0.480 e. The van der Waals surface area contributed by atoms with E-state index in [2.05, 4.69) is 0 Å². The number of nitrogens with zero attached hydrogens (tertiary/aromatic N) is 1. The molecule has 0 aliphatic carbocycles. The topological polar surface area (TPSA) is 77.8 Å². The minimum Gasteiger partial charge on any atom is -0.480 e. The second kappa shape index (κ2) is 4.68. The molecule has 2 rings (SSSR count). The zero-order valence-corrected chi connectivity index (χ0v) is 9.87. The van der Waals surface area contributed by atoms with E-state index in [9.17, 15) is 19.8 Å². The summed E-state index contributed by atoms with van der Waals surface area (Å²) < 4.78 is 0. The van der Waals surface area contributed by atoms with E-state index in [4.69, 9.17) is 0 Å². The van der Waals surface area contributed by atoms with Gasteiger partial charge in [0.1, 0.15) is 0 Å². The molecule has 1 saturated heterocycles. The Kier molecular flexibility index (Phi) is 3.23. The number of benzene rings is 1. The Morgan fingerprint density at radius 1 is 1.11 bits per heavy atom. The van der Waals surface area contributed by atoms with E-state index in [1.807, 2.05) is 35.2 Å². The number of piperidine rings is 1. The molecule has 1 aliphatic heterocycles. The summed E-state index contributed by atoms with van der Waals surface area (Å²) in [7, 11) is 0. The van der Waals surface area contributed by atoms with Crippen molar-refractivity contribution in [2.75, 3.05) is 18.0 Å². The lowest BCUT2D eigenvalue weighted by Crippen LogP contribution is -2.52. The molecule has 1 aromatic rings. The number of anilines is 1. The first-order chi connectivity index (χ1) is 8.56. The number of para-hydroxylation sites is 1. The molecule has 1 aliphatic rings. The Hall–Kier alpha value is -2.04. The number of aliphatic carboxylic acids is 2.